The number of pyridine rings is 1. The summed E-state index contributed by atoms with van der Waals surface area (Å²) in [5.74, 6) is 5.41. The highest BCUT2D eigenvalue weighted by Gasteiger charge is 2.12. The summed E-state index contributed by atoms with van der Waals surface area (Å²) >= 11 is 0. The molecule has 4 N–H and O–H groups in total. The minimum absolute atomic E-state index is 0.0718. The van der Waals surface area contributed by atoms with Gasteiger partial charge in [0.05, 0.1) is 5.75 Å². The van der Waals surface area contributed by atoms with Gasteiger partial charge >= 0.3 is 0 Å². The fourth-order valence-corrected chi connectivity index (χ4v) is 1.98. The highest BCUT2D eigenvalue weighted by atomic mass is 32.2. The number of hydrazine groups is 1. The number of nitrogens with two attached hydrogens (primary N) is 1. The summed E-state index contributed by atoms with van der Waals surface area (Å²) in [6.45, 7) is 3.98. The molecular weight excluding hydrogens is 280 g/mol. The molecule has 1 aromatic heterocycles. The number of nitrogen functional groups attached to an aromatic ring is 1. The lowest BCUT2D eigenvalue weighted by Gasteiger charge is -2.11. The molecule has 8 heteroatoms. The summed E-state index contributed by atoms with van der Waals surface area (Å²) in [7, 11) is -3.10. The number of rotatable bonds is 6. The van der Waals surface area contributed by atoms with Gasteiger partial charge in [0.15, 0.2) is 0 Å². The molecule has 1 amide bonds. The maximum atomic E-state index is 12.0. The van der Waals surface area contributed by atoms with Gasteiger partial charge in [0.2, 0.25) is 0 Å². The number of anilines is 1. The minimum Gasteiger partial charge on any atom is -0.351 e. The maximum Gasteiger partial charge on any atom is 0.251 e. The van der Waals surface area contributed by atoms with Crippen molar-refractivity contribution in [2.75, 3.05) is 24.0 Å². The molecule has 0 radical (unpaired) electrons. The molecule has 0 spiro atoms. The summed E-state index contributed by atoms with van der Waals surface area (Å²) in [5, 5.41) is 2.56. The van der Waals surface area contributed by atoms with Gasteiger partial charge in [0, 0.05) is 24.1 Å². The molecule has 0 unspecified atom stereocenters. The summed E-state index contributed by atoms with van der Waals surface area (Å²) in [6.07, 6.45) is 1.12. The molecule has 1 heterocycles. The van der Waals surface area contributed by atoms with Crippen molar-refractivity contribution in [3.05, 3.63) is 23.4 Å². The Hall–Kier alpha value is -1.67. The largest absolute Gasteiger partial charge is 0.351 e. The second-order valence-corrected chi connectivity index (χ2v) is 7.11. The molecule has 0 bridgehead atoms. The second-order valence-electron chi connectivity index (χ2n) is 4.85. The summed E-state index contributed by atoms with van der Waals surface area (Å²) < 4.78 is 22.0. The number of carbonyl (C=O) groups excluding carboxylic acids is 1. The average molecular weight is 300 g/mol. The third-order valence-corrected chi connectivity index (χ3v) is 3.55. The Morgan fingerprint density at radius 3 is 2.55 bits per heavy atom. The zero-order chi connectivity index (χ0) is 15.3. The molecule has 112 valence electrons. The van der Waals surface area contributed by atoms with Gasteiger partial charge in [0.25, 0.3) is 5.91 Å². The predicted octanol–water partition coefficient (Wildman–Crippen LogP) is 0.265. The molecule has 0 aliphatic rings. The van der Waals surface area contributed by atoms with Gasteiger partial charge in [-0.3, -0.25) is 4.79 Å². The first-order chi connectivity index (χ1) is 9.23. The minimum atomic E-state index is -3.10. The van der Waals surface area contributed by atoms with E-state index in [1.165, 1.54) is 6.07 Å². The van der Waals surface area contributed by atoms with Crippen molar-refractivity contribution in [1.82, 2.24) is 10.3 Å². The topological polar surface area (TPSA) is 114 Å². The van der Waals surface area contributed by atoms with Crippen LogP contribution in [0.3, 0.4) is 0 Å². The van der Waals surface area contributed by atoms with E-state index in [2.05, 4.69) is 15.7 Å². The van der Waals surface area contributed by atoms with E-state index in [1.807, 2.05) is 13.8 Å². The highest BCUT2D eigenvalue weighted by molar-refractivity contribution is 7.90. The number of amides is 1. The molecule has 0 aliphatic heterocycles. The number of sulfone groups is 1. The molecule has 0 saturated carbocycles. The normalized spacial score (nSPS) is 11.4. The third kappa shape index (κ3) is 5.14. The molecule has 20 heavy (non-hydrogen) atoms. The van der Waals surface area contributed by atoms with Crippen LogP contribution in [0.4, 0.5) is 5.82 Å². The first kappa shape index (κ1) is 16.4. The lowest BCUT2D eigenvalue weighted by atomic mass is 10.1. The van der Waals surface area contributed by atoms with Crippen LogP contribution < -0.4 is 16.6 Å². The van der Waals surface area contributed by atoms with Crippen molar-refractivity contribution in [2.24, 2.45) is 5.84 Å². The van der Waals surface area contributed by atoms with Gasteiger partial charge in [-0.2, -0.15) is 0 Å². The Kier molecular flexibility index (Phi) is 5.46. The smallest absolute Gasteiger partial charge is 0.251 e. The van der Waals surface area contributed by atoms with Crippen LogP contribution in [-0.4, -0.2) is 37.9 Å². The first-order valence-electron chi connectivity index (χ1n) is 6.17. The maximum absolute atomic E-state index is 12.0. The quantitative estimate of drug-likeness (QED) is 0.513. The van der Waals surface area contributed by atoms with Crippen LogP contribution in [0.25, 0.3) is 0 Å². The molecule has 1 rings (SSSR count). The lowest BCUT2D eigenvalue weighted by Crippen LogP contribution is -2.29. The third-order valence-electron chi connectivity index (χ3n) is 2.61. The SMILES string of the molecule is CC(C)c1cc(C(=O)NCCS(C)(=O)=O)cc(NN)n1. The number of nitrogens with zero attached hydrogens (tertiary/aromatic N) is 1. The number of hydrogen-bond donors (Lipinski definition) is 3. The monoisotopic (exact) mass is 300 g/mol. The average Bonchev–Trinajstić information content (AvgIpc) is 2.36. The predicted molar refractivity (Wildman–Crippen MR) is 78.2 cm³/mol. The van der Waals surface area contributed by atoms with E-state index >= 15 is 0 Å². The van der Waals surface area contributed by atoms with Crippen LogP contribution >= 0.6 is 0 Å². The molecule has 0 aromatic carbocycles. The fourth-order valence-electron chi connectivity index (χ4n) is 1.50. The van der Waals surface area contributed by atoms with E-state index in [0.29, 0.717) is 11.4 Å². The van der Waals surface area contributed by atoms with Crippen molar-refractivity contribution in [2.45, 2.75) is 19.8 Å². The summed E-state index contributed by atoms with van der Waals surface area (Å²) in [6, 6.07) is 3.18. The van der Waals surface area contributed by atoms with Crippen molar-refractivity contribution < 1.29 is 13.2 Å². The van der Waals surface area contributed by atoms with Gasteiger partial charge in [-0.25, -0.2) is 19.2 Å². The number of aromatic nitrogens is 1. The number of nitrogens with one attached hydrogen (secondary N) is 2. The fraction of sp³-hybridized carbons (Fsp3) is 0.500. The van der Waals surface area contributed by atoms with Gasteiger partial charge in [0.1, 0.15) is 15.7 Å². The van der Waals surface area contributed by atoms with E-state index in [0.717, 1.165) is 11.9 Å². The van der Waals surface area contributed by atoms with Crippen LogP contribution in [0.15, 0.2) is 12.1 Å². The highest BCUT2D eigenvalue weighted by Crippen LogP contribution is 2.17. The van der Waals surface area contributed by atoms with Crippen LogP contribution in [0.5, 0.6) is 0 Å². The second kappa shape index (κ2) is 6.67. The van der Waals surface area contributed by atoms with Crippen molar-refractivity contribution >= 4 is 21.6 Å². The zero-order valence-corrected chi connectivity index (χ0v) is 12.6. The van der Waals surface area contributed by atoms with Gasteiger partial charge < -0.3 is 10.7 Å². The Bertz CT molecular complexity index is 584. The summed E-state index contributed by atoms with van der Waals surface area (Å²) in [5.41, 5.74) is 3.53. The Morgan fingerprint density at radius 1 is 1.40 bits per heavy atom. The number of carbonyl (C=O) groups is 1. The van der Waals surface area contributed by atoms with Crippen LogP contribution in [0.1, 0.15) is 35.8 Å². The Balaban J connectivity index is 2.84. The molecule has 0 fully saturated rings. The van der Waals surface area contributed by atoms with Crippen molar-refractivity contribution in [3.63, 3.8) is 0 Å². The van der Waals surface area contributed by atoms with E-state index in [1.54, 1.807) is 6.07 Å². The Morgan fingerprint density at radius 2 is 2.05 bits per heavy atom. The zero-order valence-electron chi connectivity index (χ0n) is 11.8. The van der Waals surface area contributed by atoms with E-state index in [-0.39, 0.29) is 24.1 Å². The van der Waals surface area contributed by atoms with Crippen molar-refractivity contribution in [1.29, 1.82) is 0 Å². The number of hydrogen-bond acceptors (Lipinski definition) is 6. The van der Waals surface area contributed by atoms with E-state index in [4.69, 9.17) is 5.84 Å². The molecule has 1 aromatic rings. The lowest BCUT2D eigenvalue weighted by molar-refractivity contribution is 0.0956. The van der Waals surface area contributed by atoms with Crippen LogP contribution in [-0.2, 0) is 9.84 Å². The molecule has 0 aliphatic carbocycles. The Labute approximate surface area is 118 Å². The van der Waals surface area contributed by atoms with Gasteiger partial charge in [-0.1, -0.05) is 13.8 Å². The molecule has 0 saturated heterocycles. The van der Waals surface area contributed by atoms with Gasteiger partial charge in [-0.15, -0.1) is 0 Å². The van der Waals surface area contributed by atoms with E-state index in [9.17, 15) is 13.2 Å². The van der Waals surface area contributed by atoms with Crippen molar-refractivity contribution in [3.8, 4) is 0 Å². The van der Waals surface area contributed by atoms with E-state index < -0.39 is 9.84 Å². The summed E-state index contributed by atoms with van der Waals surface area (Å²) in [4.78, 5) is 16.2. The van der Waals surface area contributed by atoms with Gasteiger partial charge in [-0.05, 0) is 18.1 Å². The molecule has 0 atom stereocenters. The molecule has 7 nitrogen and oxygen atoms in total. The first-order valence-corrected chi connectivity index (χ1v) is 8.23. The van der Waals surface area contributed by atoms with Crippen LogP contribution in [0.2, 0.25) is 0 Å². The van der Waals surface area contributed by atoms with Crippen LogP contribution in [0, 0.1) is 0 Å². The molecular formula is C12H20N4O3S. The standard InChI is InChI=1S/C12H20N4O3S/c1-8(2)10-6-9(7-11(15-10)16-13)12(17)14-4-5-20(3,18)19/h6-8H,4-5,13H2,1-3H3,(H,14,17)(H,15,16).